The second kappa shape index (κ2) is 8.20. The highest BCUT2D eigenvalue weighted by molar-refractivity contribution is 6.39. The molecule has 0 aliphatic heterocycles. The number of nitrogens with one attached hydrogen (secondary N) is 2. The predicted octanol–water partition coefficient (Wildman–Crippen LogP) is 1.69. The highest BCUT2D eigenvalue weighted by Crippen LogP contribution is 2.15. The number of hydrogen-bond acceptors (Lipinski definition) is 6. The quantitative estimate of drug-likeness (QED) is 0.370. The minimum Gasteiger partial charge on any atom is -0.497 e. The molecule has 2 rings (SSSR count). The van der Waals surface area contributed by atoms with Crippen molar-refractivity contribution in [3.05, 3.63) is 64.2 Å². The molecular formula is C16H14N4O5. The molecule has 2 aromatic rings. The van der Waals surface area contributed by atoms with Gasteiger partial charge in [-0.25, -0.2) is 5.43 Å². The van der Waals surface area contributed by atoms with Crippen LogP contribution in [0.15, 0.2) is 53.6 Å². The van der Waals surface area contributed by atoms with Crippen molar-refractivity contribution < 1.29 is 19.2 Å². The molecule has 0 spiro atoms. The van der Waals surface area contributed by atoms with Gasteiger partial charge in [-0.2, -0.15) is 5.10 Å². The van der Waals surface area contributed by atoms with Crippen LogP contribution in [0.1, 0.15) is 5.56 Å². The molecule has 0 unspecified atom stereocenters. The highest BCUT2D eigenvalue weighted by atomic mass is 16.6. The number of rotatable bonds is 5. The molecule has 2 aromatic carbocycles. The number of non-ortho nitro benzene ring substituents is 1. The fraction of sp³-hybridized carbons (Fsp3) is 0.0625. The van der Waals surface area contributed by atoms with Crippen LogP contribution < -0.4 is 15.5 Å². The molecule has 0 radical (unpaired) electrons. The zero-order chi connectivity index (χ0) is 18.2. The molecule has 9 heteroatoms. The number of benzene rings is 2. The lowest BCUT2D eigenvalue weighted by Crippen LogP contribution is -2.32. The van der Waals surface area contributed by atoms with E-state index >= 15 is 0 Å². The van der Waals surface area contributed by atoms with Crippen LogP contribution in [-0.2, 0) is 9.59 Å². The molecule has 0 bridgehead atoms. The van der Waals surface area contributed by atoms with E-state index in [0.717, 1.165) is 0 Å². The summed E-state index contributed by atoms with van der Waals surface area (Å²) in [6, 6.07) is 12.0. The van der Waals surface area contributed by atoms with Gasteiger partial charge in [0.1, 0.15) is 5.75 Å². The SMILES string of the molecule is COc1ccc(/C=N\NC(=O)C(=O)Nc2ccc([N+](=O)[O-])cc2)cc1. The van der Waals surface area contributed by atoms with Crippen LogP contribution in [0.25, 0.3) is 0 Å². The first kappa shape index (κ1) is 17.6. The van der Waals surface area contributed by atoms with Gasteiger partial charge >= 0.3 is 11.8 Å². The Bertz CT molecular complexity index is 800. The summed E-state index contributed by atoms with van der Waals surface area (Å²) in [5.74, 6) is -1.23. The van der Waals surface area contributed by atoms with Crippen molar-refractivity contribution in [2.75, 3.05) is 12.4 Å². The average molecular weight is 342 g/mol. The first-order chi connectivity index (χ1) is 12.0. The monoisotopic (exact) mass is 342 g/mol. The third-order valence-corrected chi connectivity index (χ3v) is 3.04. The molecule has 9 nitrogen and oxygen atoms in total. The summed E-state index contributed by atoms with van der Waals surface area (Å²) in [7, 11) is 1.55. The van der Waals surface area contributed by atoms with Crippen LogP contribution in [0.5, 0.6) is 5.75 Å². The maximum Gasteiger partial charge on any atom is 0.329 e. The Morgan fingerprint density at radius 1 is 1.08 bits per heavy atom. The third-order valence-electron chi connectivity index (χ3n) is 3.04. The molecule has 0 saturated carbocycles. The van der Waals surface area contributed by atoms with Crippen molar-refractivity contribution in [1.29, 1.82) is 0 Å². The van der Waals surface area contributed by atoms with Gasteiger partial charge in [0.15, 0.2) is 0 Å². The van der Waals surface area contributed by atoms with Crippen LogP contribution in [0, 0.1) is 10.1 Å². The Morgan fingerprint density at radius 2 is 1.72 bits per heavy atom. The summed E-state index contributed by atoms with van der Waals surface area (Å²) >= 11 is 0. The summed E-state index contributed by atoms with van der Waals surface area (Å²) in [6.07, 6.45) is 1.37. The Labute approximate surface area is 142 Å². The van der Waals surface area contributed by atoms with E-state index in [1.807, 2.05) is 0 Å². The lowest BCUT2D eigenvalue weighted by atomic mass is 10.2. The van der Waals surface area contributed by atoms with Gasteiger partial charge in [0, 0.05) is 17.8 Å². The Balaban J connectivity index is 1.87. The first-order valence-electron chi connectivity index (χ1n) is 7.02. The van der Waals surface area contributed by atoms with Crippen LogP contribution in [0.2, 0.25) is 0 Å². The number of amides is 2. The molecule has 25 heavy (non-hydrogen) atoms. The lowest BCUT2D eigenvalue weighted by Gasteiger charge is -2.03. The Morgan fingerprint density at radius 3 is 2.28 bits per heavy atom. The molecule has 0 heterocycles. The summed E-state index contributed by atoms with van der Waals surface area (Å²) in [5, 5.41) is 16.5. The van der Waals surface area contributed by atoms with E-state index in [9.17, 15) is 19.7 Å². The normalized spacial score (nSPS) is 10.3. The molecule has 2 amide bonds. The summed E-state index contributed by atoms with van der Waals surface area (Å²) in [4.78, 5) is 33.3. The molecule has 0 aliphatic carbocycles. The fourth-order valence-electron chi connectivity index (χ4n) is 1.76. The van der Waals surface area contributed by atoms with Gasteiger partial charge in [0.25, 0.3) is 5.69 Å². The van der Waals surface area contributed by atoms with Crippen LogP contribution in [0.4, 0.5) is 11.4 Å². The number of methoxy groups -OCH3 is 1. The zero-order valence-corrected chi connectivity index (χ0v) is 13.1. The minimum absolute atomic E-state index is 0.119. The van der Waals surface area contributed by atoms with E-state index in [4.69, 9.17) is 4.74 Å². The number of nitrogens with zero attached hydrogens (tertiary/aromatic N) is 2. The second-order valence-electron chi connectivity index (χ2n) is 4.73. The van der Waals surface area contributed by atoms with Crippen molar-refractivity contribution in [2.45, 2.75) is 0 Å². The molecule has 0 saturated heterocycles. The van der Waals surface area contributed by atoms with Crippen molar-refractivity contribution in [3.63, 3.8) is 0 Å². The number of nitro groups is 1. The fourth-order valence-corrected chi connectivity index (χ4v) is 1.76. The lowest BCUT2D eigenvalue weighted by molar-refractivity contribution is -0.384. The smallest absolute Gasteiger partial charge is 0.329 e. The van der Waals surface area contributed by atoms with Gasteiger partial charge in [-0.15, -0.1) is 0 Å². The van der Waals surface area contributed by atoms with Crippen molar-refractivity contribution in [3.8, 4) is 5.75 Å². The van der Waals surface area contributed by atoms with Crippen LogP contribution >= 0.6 is 0 Å². The molecule has 128 valence electrons. The largest absolute Gasteiger partial charge is 0.497 e. The van der Waals surface area contributed by atoms with Crippen molar-refractivity contribution >= 4 is 29.4 Å². The summed E-state index contributed by atoms with van der Waals surface area (Å²) in [5.41, 5.74) is 2.93. The summed E-state index contributed by atoms with van der Waals surface area (Å²) < 4.78 is 5.02. The van der Waals surface area contributed by atoms with E-state index in [1.165, 1.54) is 30.5 Å². The number of nitro benzene ring substituents is 1. The molecule has 0 aromatic heterocycles. The Kier molecular flexibility index (Phi) is 5.77. The van der Waals surface area contributed by atoms with Crippen LogP contribution in [-0.4, -0.2) is 30.1 Å². The topological polar surface area (TPSA) is 123 Å². The maximum absolute atomic E-state index is 11.7. The number of anilines is 1. The van der Waals surface area contributed by atoms with Gasteiger partial charge in [-0.3, -0.25) is 19.7 Å². The standard InChI is InChI=1S/C16H14N4O5/c1-25-14-8-2-11(3-9-14)10-17-19-16(22)15(21)18-12-4-6-13(7-5-12)20(23)24/h2-10H,1H3,(H,18,21)(H,19,22)/b17-10-. The number of hydrogen-bond donors (Lipinski definition) is 2. The van der Waals surface area contributed by atoms with E-state index in [0.29, 0.717) is 11.3 Å². The molecule has 0 fully saturated rings. The summed E-state index contributed by atoms with van der Waals surface area (Å²) in [6.45, 7) is 0. The van der Waals surface area contributed by atoms with Crippen molar-refractivity contribution in [1.82, 2.24) is 5.43 Å². The number of carbonyl (C=O) groups is 2. The van der Waals surface area contributed by atoms with E-state index in [2.05, 4.69) is 15.8 Å². The molecule has 0 aliphatic rings. The van der Waals surface area contributed by atoms with Gasteiger partial charge in [0.05, 0.1) is 18.2 Å². The average Bonchev–Trinajstić information content (AvgIpc) is 2.62. The first-order valence-corrected chi connectivity index (χ1v) is 7.02. The van der Waals surface area contributed by atoms with E-state index in [-0.39, 0.29) is 11.4 Å². The predicted molar refractivity (Wildman–Crippen MR) is 90.5 cm³/mol. The Hall–Kier alpha value is -3.75. The van der Waals surface area contributed by atoms with Crippen molar-refractivity contribution in [2.24, 2.45) is 5.10 Å². The number of hydrazone groups is 1. The van der Waals surface area contributed by atoms with Gasteiger partial charge in [-0.1, -0.05) is 0 Å². The number of carbonyl (C=O) groups excluding carboxylic acids is 2. The second-order valence-corrected chi connectivity index (χ2v) is 4.73. The van der Waals surface area contributed by atoms with Gasteiger partial charge < -0.3 is 10.1 Å². The molecule has 2 N–H and O–H groups in total. The third kappa shape index (κ3) is 5.13. The van der Waals surface area contributed by atoms with Gasteiger partial charge in [0.2, 0.25) is 0 Å². The maximum atomic E-state index is 11.7. The van der Waals surface area contributed by atoms with Crippen LogP contribution in [0.3, 0.4) is 0 Å². The van der Waals surface area contributed by atoms with E-state index in [1.54, 1.807) is 31.4 Å². The van der Waals surface area contributed by atoms with E-state index < -0.39 is 16.7 Å². The highest BCUT2D eigenvalue weighted by Gasteiger charge is 2.13. The minimum atomic E-state index is -0.969. The molecule has 0 atom stereocenters. The zero-order valence-electron chi connectivity index (χ0n) is 13.1. The number of ether oxygens (including phenoxy) is 1. The van der Waals surface area contributed by atoms with Gasteiger partial charge in [-0.05, 0) is 42.0 Å². The molecular weight excluding hydrogens is 328 g/mol.